The third-order valence-electron chi connectivity index (χ3n) is 5.01. The van der Waals surface area contributed by atoms with Gasteiger partial charge in [-0.25, -0.2) is 13.5 Å². The highest BCUT2D eigenvalue weighted by Crippen LogP contribution is 2.23. The molecule has 0 radical (unpaired) electrons. The van der Waals surface area contributed by atoms with Gasteiger partial charge in [0.05, 0.1) is 5.69 Å². The Balaban J connectivity index is 1.41. The van der Waals surface area contributed by atoms with Gasteiger partial charge in [-0.05, 0) is 74.9 Å². The molecule has 2 aromatic carbocycles. The molecule has 0 saturated heterocycles. The van der Waals surface area contributed by atoms with Crippen LogP contribution in [-0.2, 0) is 0 Å². The molecule has 4 aromatic rings. The second-order valence-corrected chi connectivity index (χ2v) is 7.15. The van der Waals surface area contributed by atoms with Crippen LogP contribution in [0.25, 0.3) is 5.82 Å². The van der Waals surface area contributed by atoms with Crippen LogP contribution >= 0.6 is 0 Å². The van der Waals surface area contributed by atoms with Crippen molar-refractivity contribution in [1.29, 1.82) is 0 Å². The van der Waals surface area contributed by atoms with Gasteiger partial charge >= 0.3 is 0 Å². The first-order valence-corrected chi connectivity index (χ1v) is 9.73. The van der Waals surface area contributed by atoms with Gasteiger partial charge in [-0.2, -0.15) is 5.10 Å². The lowest BCUT2D eigenvalue weighted by atomic mass is 10.2. The summed E-state index contributed by atoms with van der Waals surface area (Å²) < 4.78 is 33.8. The molecule has 0 atom stereocenters. The van der Waals surface area contributed by atoms with Gasteiger partial charge < -0.3 is 10.1 Å². The van der Waals surface area contributed by atoms with Gasteiger partial charge in [-0.1, -0.05) is 0 Å². The molecule has 0 unspecified atom stereocenters. The highest BCUT2D eigenvalue weighted by Gasteiger charge is 2.12. The molecule has 0 aliphatic heterocycles. The maximum atomic E-state index is 13.3. The second-order valence-electron chi connectivity index (χ2n) is 7.15. The molecule has 2 heterocycles. The lowest BCUT2D eigenvalue weighted by Crippen LogP contribution is -2.12. The average molecular weight is 435 g/mol. The van der Waals surface area contributed by atoms with Crippen LogP contribution < -0.4 is 10.1 Å². The molecule has 0 fully saturated rings. The summed E-state index contributed by atoms with van der Waals surface area (Å²) >= 11 is 0. The Morgan fingerprint density at radius 3 is 2.28 bits per heavy atom. The van der Waals surface area contributed by atoms with Gasteiger partial charge in [-0.3, -0.25) is 4.79 Å². The standard InChI is InChI=1S/C23H19F2N5O2/c1-13-14(2)29-30(15(13)3)21-10-11-22(28-27-21)32-18-7-5-17(6-8-18)26-23(31)16-4-9-19(24)20(25)12-16/h4-12H,1-3H3,(H,26,31). The molecule has 1 N–H and O–H groups in total. The van der Waals surface area contributed by atoms with Crippen molar-refractivity contribution in [2.45, 2.75) is 20.8 Å². The highest BCUT2D eigenvalue weighted by molar-refractivity contribution is 6.04. The van der Waals surface area contributed by atoms with Gasteiger partial charge in [0.25, 0.3) is 5.91 Å². The normalized spacial score (nSPS) is 10.8. The number of hydrogen-bond donors (Lipinski definition) is 1. The van der Waals surface area contributed by atoms with E-state index in [1.54, 1.807) is 41.1 Å². The number of nitrogens with zero attached hydrogens (tertiary/aromatic N) is 4. The van der Waals surface area contributed by atoms with E-state index in [1.807, 2.05) is 20.8 Å². The monoisotopic (exact) mass is 435 g/mol. The van der Waals surface area contributed by atoms with Crippen LogP contribution in [0.1, 0.15) is 27.3 Å². The predicted octanol–water partition coefficient (Wildman–Crippen LogP) is 4.91. The Hall–Kier alpha value is -4.14. The Morgan fingerprint density at radius 2 is 1.69 bits per heavy atom. The number of aryl methyl sites for hydroxylation is 1. The van der Waals surface area contributed by atoms with E-state index < -0.39 is 17.5 Å². The summed E-state index contributed by atoms with van der Waals surface area (Å²) in [4.78, 5) is 12.2. The van der Waals surface area contributed by atoms with Crippen molar-refractivity contribution >= 4 is 11.6 Å². The van der Waals surface area contributed by atoms with Gasteiger partial charge in [0.15, 0.2) is 17.5 Å². The predicted molar refractivity (Wildman–Crippen MR) is 114 cm³/mol. The fourth-order valence-electron chi connectivity index (χ4n) is 2.99. The quantitative estimate of drug-likeness (QED) is 0.482. The summed E-state index contributed by atoms with van der Waals surface area (Å²) in [7, 11) is 0. The van der Waals surface area contributed by atoms with Crippen molar-refractivity contribution in [2.75, 3.05) is 5.32 Å². The fourth-order valence-corrected chi connectivity index (χ4v) is 2.99. The second kappa shape index (κ2) is 8.54. The smallest absolute Gasteiger partial charge is 0.255 e. The summed E-state index contributed by atoms with van der Waals surface area (Å²) in [6, 6.07) is 12.9. The van der Waals surface area contributed by atoms with Crippen LogP contribution in [0.3, 0.4) is 0 Å². The summed E-state index contributed by atoms with van der Waals surface area (Å²) in [5, 5.41) is 15.3. The van der Waals surface area contributed by atoms with Crippen LogP contribution in [0.4, 0.5) is 14.5 Å². The molecule has 4 rings (SSSR count). The number of carbonyl (C=O) groups excluding carboxylic acids is 1. The van der Waals surface area contributed by atoms with E-state index in [4.69, 9.17) is 4.74 Å². The van der Waals surface area contributed by atoms with E-state index in [-0.39, 0.29) is 5.56 Å². The van der Waals surface area contributed by atoms with Crippen molar-refractivity contribution in [3.8, 4) is 17.4 Å². The van der Waals surface area contributed by atoms with Crippen molar-refractivity contribution in [2.24, 2.45) is 0 Å². The topological polar surface area (TPSA) is 81.9 Å². The molecule has 9 heteroatoms. The minimum Gasteiger partial charge on any atom is -0.438 e. The number of benzene rings is 2. The summed E-state index contributed by atoms with van der Waals surface area (Å²) in [5.41, 5.74) is 3.50. The van der Waals surface area contributed by atoms with Gasteiger partial charge in [0.2, 0.25) is 5.88 Å². The minimum absolute atomic E-state index is 0.0115. The van der Waals surface area contributed by atoms with E-state index in [0.717, 1.165) is 29.1 Å². The van der Waals surface area contributed by atoms with Crippen LogP contribution in [0.15, 0.2) is 54.6 Å². The third-order valence-corrected chi connectivity index (χ3v) is 5.01. The number of aromatic nitrogens is 4. The molecular formula is C23H19F2N5O2. The Bertz CT molecular complexity index is 1290. The molecule has 0 aliphatic rings. The number of rotatable bonds is 5. The molecule has 0 saturated carbocycles. The number of nitrogens with one attached hydrogen (secondary N) is 1. The maximum absolute atomic E-state index is 13.3. The van der Waals surface area contributed by atoms with Crippen LogP contribution in [0, 0.1) is 32.4 Å². The minimum atomic E-state index is -1.08. The van der Waals surface area contributed by atoms with Gasteiger partial charge in [0, 0.05) is 23.0 Å². The van der Waals surface area contributed by atoms with Crippen LogP contribution in [0.5, 0.6) is 11.6 Å². The van der Waals surface area contributed by atoms with Gasteiger partial charge in [-0.15, -0.1) is 10.2 Å². The molecule has 0 bridgehead atoms. The van der Waals surface area contributed by atoms with E-state index in [9.17, 15) is 13.6 Å². The maximum Gasteiger partial charge on any atom is 0.255 e. The van der Waals surface area contributed by atoms with Crippen molar-refractivity contribution in [3.63, 3.8) is 0 Å². The molecular weight excluding hydrogens is 416 g/mol. The molecule has 7 nitrogen and oxygen atoms in total. The highest BCUT2D eigenvalue weighted by atomic mass is 19.2. The number of carbonyl (C=O) groups is 1. The number of ether oxygens (including phenoxy) is 1. The fraction of sp³-hybridized carbons (Fsp3) is 0.130. The van der Waals surface area contributed by atoms with Crippen LogP contribution in [-0.4, -0.2) is 25.9 Å². The van der Waals surface area contributed by atoms with Crippen LogP contribution in [0.2, 0.25) is 0 Å². The first kappa shape index (κ1) is 21.1. The summed E-state index contributed by atoms with van der Waals surface area (Å²) in [6.45, 7) is 5.91. The molecule has 2 aromatic heterocycles. The lowest BCUT2D eigenvalue weighted by molar-refractivity contribution is 0.102. The Labute approximate surface area is 182 Å². The zero-order valence-electron chi connectivity index (χ0n) is 17.6. The SMILES string of the molecule is Cc1nn(-c2ccc(Oc3ccc(NC(=O)c4ccc(F)c(F)c4)cc3)nn2)c(C)c1C. The number of halogens is 2. The lowest BCUT2D eigenvalue weighted by Gasteiger charge is -2.08. The number of anilines is 1. The Morgan fingerprint density at radius 1 is 0.938 bits per heavy atom. The molecule has 1 amide bonds. The van der Waals surface area contributed by atoms with Gasteiger partial charge in [0.1, 0.15) is 5.75 Å². The zero-order chi connectivity index (χ0) is 22.8. The summed E-state index contributed by atoms with van der Waals surface area (Å²) in [6.07, 6.45) is 0. The average Bonchev–Trinajstić information content (AvgIpc) is 3.05. The largest absolute Gasteiger partial charge is 0.438 e. The first-order valence-electron chi connectivity index (χ1n) is 9.73. The van der Waals surface area contributed by atoms with Crippen molar-refractivity contribution in [3.05, 3.63) is 88.7 Å². The number of amides is 1. The van der Waals surface area contributed by atoms with Crippen molar-refractivity contribution < 1.29 is 18.3 Å². The molecule has 0 aliphatic carbocycles. The molecule has 0 spiro atoms. The van der Waals surface area contributed by atoms with E-state index in [0.29, 0.717) is 23.1 Å². The van der Waals surface area contributed by atoms with E-state index in [1.165, 1.54) is 6.07 Å². The van der Waals surface area contributed by atoms with E-state index in [2.05, 4.69) is 20.6 Å². The van der Waals surface area contributed by atoms with Crippen molar-refractivity contribution in [1.82, 2.24) is 20.0 Å². The third kappa shape index (κ3) is 4.31. The van der Waals surface area contributed by atoms with E-state index >= 15 is 0 Å². The number of hydrogen-bond acceptors (Lipinski definition) is 5. The summed E-state index contributed by atoms with van der Waals surface area (Å²) in [5.74, 6) is -1.28. The molecule has 162 valence electrons. The Kier molecular flexibility index (Phi) is 5.63. The first-order chi connectivity index (χ1) is 15.3. The zero-order valence-corrected chi connectivity index (χ0v) is 17.6. The molecule has 32 heavy (non-hydrogen) atoms.